The van der Waals surface area contributed by atoms with E-state index in [0.29, 0.717) is 24.3 Å². The summed E-state index contributed by atoms with van der Waals surface area (Å²) in [5.41, 5.74) is 2.30. The molecule has 2 aromatic rings. The number of piperidine rings is 2. The van der Waals surface area contributed by atoms with Crippen LogP contribution in [-0.4, -0.2) is 64.8 Å². The lowest BCUT2D eigenvalue weighted by Gasteiger charge is -2.38. The van der Waals surface area contributed by atoms with Gasteiger partial charge >= 0.3 is 0 Å². The molecule has 2 fully saturated rings. The van der Waals surface area contributed by atoms with E-state index in [2.05, 4.69) is 15.2 Å². The third kappa shape index (κ3) is 5.31. The standard InChI is InChI=1S/C30H33F3N4O4/c31-19-12-18(21-16-37(29(40)20(21)13-19)24-5-6-26(38)35-28(24)39)4-2-1-3-9-36-10-7-30(8-11-36)17-41-25-15-34-23(27(32)33)14-22(25)30/h12-15,24,27H,1-11,16-17H2,(H,35,38,39). The minimum atomic E-state index is -2.60. The maximum atomic E-state index is 14.4. The van der Waals surface area contributed by atoms with Crippen molar-refractivity contribution in [1.29, 1.82) is 0 Å². The number of pyridine rings is 1. The van der Waals surface area contributed by atoms with Crippen molar-refractivity contribution in [3.63, 3.8) is 0 Å². The topological polar surface area (TPSA) is 91.8 Å². The highest BCUT2D eigenvalue weighted by Crippen LogP contribution is 2.46. The average molecular weight is 571 g/mol. The molecule has 5 heterocycles. The maximum Gasteiger partial charge on any atom is 0.280 e. The highest BCUT2D eigenvalue weighted by atomic mass is 19.3. The Bertz CT molecular complexity index is 1380. The number of fused-ring (bicyclic) bond motifs is 3. The van der Waals surface area contributed by atoms with Gasteiger partial charge in [0.1, 0.15) is 23.3 Å². The number of ether oxygens (including phenoxy) is 1. The minimum absolute atomic E-state index is 0.175. The second-order valence-electron chi connectivity index (χ2n) is 11.6. The van der Waals surface area contributed by atoms with E-state index in [1.54, 1.807) is 0 Å². The summed E-state index contributed by atoms with van der Waals surface area (Å²) in [6, 6.07) is 3.53. The van der Waals surface area contributed by atoms with Gasteiger partial charge in [0, 0.05) is 29.5 Å². The largest absolute Gasteiger partial charge is 0.491 e. The number of alkyl halides is 2. The molecule has 4 aliphatic rings. The summed E-state index contributed by atoms with van der Waals surface area (Å²) >= 11 is 0. The Kier molecular flexibility index (Phi) is 7.48. The predicted octanol–water partition coefficient (Wildman–Crippen LogP) is 4.06. The third-order valence-corrected chi connectivity index (χ3v) is 9.13. The first-order valence-electron chi connectivity index (χ1n) is 14.3. The van der Waals surface area contributed by atoms with Gasteiger partial charge in [0.05, 0.1) is 12.8 Å². The molecule has 2 saturated heterocycles. The van der Waals surface area contributed by atoms with Gasteiger partial charge in [-0.1, -0.05) is 6.42 Å². The lowest BCUT2D eigenvalue weighted by atomic mass is 9.74. The molecule has 0 aliphatic carbocycles. The number of benzene rings is 1. The second kappa shape index (κ2) is 11.1. The number of nitrogens with one attached hydrogen (secondary N) is 1. The number of unbranched alkanes of at least 4 members (excludes halogenated alkanes) is 2. The van der Waals surface area contributed by atoms with Crippen molar-refractivity contribution in [3.8, 4) is 5.75 Å². The van der Waals surface area contributed by atoms with E-state index < -0.39 is 24.2 Å². The number of carbonyl (C=O) groups excluding carboxylic acids is 3. The monoisotopic (exact) mass is 570 g/mol. The fraction of sp³-hybridized carbons (Fsp3) is 0.533. The molecule has 3 amide bonds. The molecule has 4 aliphatic heterocycles. The van der Waals surface area contributed by atoms with Crippen molar-refractivity contribution in [2.45, 2.75) is 75.8 Å². The van der Waals surface area contributed by atoms with Crippen LogP contribution in [0.1, 0.15) is 84.1 Å². The summed E-state index contributed by atoms with van der Waals surface area (Å²) in [5, 5.41) is 2.29. The number of rotatable bonds is 8. The smallest absolute Gasteiger partial charge is 0.280 e. The van der Waals surface area contributed by atoms with Crippen molar-refractivity contribution in [2.75, 3.05) is 26.2 Å². The Morgan fingerprint density at radius 3 is 2.66 bits per heavy atom. The number of hydrogen-bond acceptors (Lipinski definition) is 6. The van der Waals surface area contributed by atoms with Gasteiger partial charge in [0.2, 0.25) is 11.8 Å². The number of hydrogen-bond donors (Lipinski definition) is 1. The zero-order chi connectivity index (χ0) is 28.7. The van der Waals surface area contributed by atoms with Crippen LogP contribution >= 0.6 is 0 Å². The van der Waals surface area contributed by atoms with Crippen molar-refractivity contribution in [2.24, 2.45) is 0 Å². The molecule has 218 valence electrons. The van der Waals surface area contributed by atoms with Gasteiger partial charge < -0.3 is 14.5 Å². The van der Waals surface area contributed by atoms with Crippen molar-refractivity contribution >= 4 is 17.7 Å². The lowest BCUT2D eigenvalue weighted by molar-refractivity contribution is -0.136. The molecule has 1 N–H and O–H groups in total. The molecular weight excluding hydrogens is 537 g/mol. The number of carbonyl (C=O) groups is 3. The lowest BCUT2D eigenvalue weighted by Crippen LogP contribution is -2.52. The normalized spacial score (nSPS) is 21.8. The first kappa shape index (κ1) is 27.7. The first-order chi connectivity index (χ1) is 19.7. The van der Waals surface area contributed by atoms with Crippen LogP contribution in [-0.2, 0) is 28.0 Å². The molecule has 6 rings (SSSR count). The quantitative estimate of drug-likeness (QED) is 0.380. The fourth-order valence-electron chi connectivity index (χ4n) is 6.77. The van der Waals surface area contributed by atoms with E-state index in [-0.39, 0.29) is 42.3 Å². The number of imide groups is 1. The van der Waals surface area contributed by atoms with Crippen molar-refractivity contribution in [1.82, 2.24) is 20.1 Å². The van der Waals surface area contributed by atoms with E-state index in [0.717, 1.165) is 68.4 Å². The molecule has 1 unspecified atom stereocenters. The molecular formula is C30H33F3N4O4. The second-order valence-corrected chi connectivity index (χ2v) is 11.6. The number of nitrogens with zero attached hydrogens (tertiary/aromatic N) is 3. The summed E-state index contributed by atoms with van der Waals surface area (Å²) in [7, 11) is 0. The highest BCUT2D eigenvalue weighted by molar-refractivity contribution is 6.05. The molecule has 0 radical (unpaired) electrons. The Labute approximate surface area is 236 Å². The molecule has 0 saturated carbocycles. The molecule has 1 atom stereocenters. The van der Waals surface area contributed by atoms with Crippen LogP contribution in [0.2, 0.25) is 0 Å². The molecule has 1 aromatic heterocycles. The van der Waals surface area contributed by atoms with Crippen LogP contribution in [0.4, 0.5) is 13.2 Å². The zero-order valence-electron chi connectivity index (χ0n) is 22.8. The highest BCUT2D eigenvalue weighted by Gasteiger charge is 2.44. The minimum Gasteiger partial charge on any atom is -0.491 e. The van der Waals surface area contributed by atoms with Crippen LogP contribution < -0.4 is 10.1 Å². The average Bonchev–Trinajstić information content (AvgIpc) is 3.47. The summed E-state index contributed by atoms with van der Waals surface area (Å²) < 4.78 is 46.7. The third-order valence-electron chi connectivity index (χ3n) is 9.13. The van der Waals surface area contributed by atoms with E-state index in [9.17, 15) is 27.6 Å². The van der Waals surface area contributed by atoms with Gasteiger partial charge in [-0.3, -0.25) is 24.7 Å². The fourth-order valence-corrected chi connectivity index (χ4v) is 6.77. The molecule has 8 nitrogen and oxygen atoms in total. The van der Waals surface area contributed by atoms with Crippen molar-refractivity contribution < 1.29 is 32.3 Å². The molecule has 1 aromatic carbocycles. The molecule has 11 heteroatoms. The number of likely N-dealkylation sites (tertiary alicyclic amines) is 1. The van der Waals surface area contributed by atoms with Gasteiger partial charge in [0.15, 0.2) is 0 Å². The summed E-state index contributed by atoms with van der Waals surface area (Å²) in [5.74, 6) is -1.03. The van der Waals surface area contributed by atoms with Gasteiger partial charge in [-0.15, -0.1) is 0 Å². The molecule has 1 spiro atoms. The van der Waals surface area contributed by atoms with Gasteiger partial charge in [-0.2, -0.15) is 0 Å². The maximum absolute atomic E-state index is 14.4. The number of aromatic nitrogens is 1. The Hall–Kier alpha value is -3.47. The van der Waals surface area contributed by atoms with Crippen molar-refractivity contribution in [3.05, 3.63) is 58.2 Å². The van der Waals surface area contributed by atoms with Crippen LogP contribution in [0.25, 0.3) is 0 Å². The summed E-state index contributed by atoms with van der Waals surface area (Å²) in [4.78, 5) is 44.6. The zero-order valence-corrected chi connectivity index (χ0v) is 22.8. The summed E-state index contributed by atoms with van der Waals surface area (Å²) in [6.45, 7) is 3.40. The Balaban J connectivity index is 0.994. The van der Waals surface area contributed by atoms with Gasteiger partial charge in [-0.05, 0) is 87.5 Å². The molecule has 0 bridgehead atoms. The van der Waals surface area contributed by atoms with Crippen LogP contribution in [0, 0.1) is 5.82 Å². The number of halogens is 3. The Morgan fingerprint density at radius 1 is 1.10 bits per heavy atom. The van der Waals surface area contributed by atoms with Crippen LogP contribution in [0.15, 0.2) is 24.4 Å². The van der Waals surface area contributed by atoms with Crippen LogP contribution in [0.3, 0.4) is 0 Å². The van der Waals surface area contributed by atoms with Crippen LogP contribution in [0.5, 0.6) is 5.75 Å². The van der Waals surface area contributed by atoms with E-state index in [1.165, 1.54) is 29.3 Å². The van der Waals surface area contributed by atoms with E-state index >= 15 is 0 Å². The first-order valence-corrected chi connectivity index (χ1v) is 14.3. The molecule has 41 heavy (non-hydrogen) atoms. The van der Waals surface area contributed by atoms with Gasteiger partial charge in [-0.25, -0.2) is 13.2 Å². The van der Waals surface area contributed by atoms with E-state index in [4.69, 9.17) is 4.74 Å². The van der Waals surface area contributed by atoms with Gasteiger partial charge in [0.25, 0.3) is 12.3 Å². The van der Waals surface area contributed by atoms with E-state index in [1.807, 2.05) is 0 Å². The summed E-state index contributed by atoms with van der Waals surface area (Å²) in [6.07, 6.45) is 4.34. The number of aryl methyl sites for hydroxylation is 1. The SMILES string of the molecule is O=C1CCC(N2Cc3c(CCCCCN4CCC5(CC4)COc4cnc(C(F)F)cc45)cc(F)cc3C2=O)C(=O)N1. The number of amides is 3. The Morgan fingerprint density at radius 2 is 1.90 bits per heavy atom. The predicted molar refractivity (Wildman–Crippen MR) is 142 cm³/mol.